The maximum absolute atomic E-state index is 12.9. The highest BCUT2D eigenvalue weighted by atomic mass is 19.1. The molecule has 0 radical (unpaired) electrons. The van der Waals surface area contributed by atoms with E-state index in [9.17, 15) is 14.0 Å². The van der Waals surface area contributed by atoms with Gasteiger partial charge >= 0.3 is 0 Å². The zero-order chi connectivity index (χ0) is 18.5. The normalized spacial score (nSPS) is 13.0. The Labute approximate surface area is 150 Å². The van der Waals surface area contributed by atoms with Crippen LogP contribution >= 0.6 is 0 Å². The third-order valence-electron chi connectivity index (χ3n) is 3.83. The smallest absolute Gasteiger partial charge is 0.262 e. The molecule has 136 valence electrons. The predicted molar refractivity (Wildman–Crippen MR) is 94.0 cm³/mol. The van der Waals surface area contributed by atoms with Gasteiger partial charge in [-0.2, -0.15) is 0 Å². The largest absolute Gasteiger partial charge is 0.493 e. The van der Waals surface area contributed by atoms with Crippen LogP contribution in [0, 0.1) is 5.82 Å². The molecule has 0 aromatic heterocycles. The molecule has 1 aliphatic rings. The summed E-state index contributed by atoms with van der Waals surface area (Å²) in [5, 5.41) is 5.50. The molecule has 0 spiro atoms. The van der Waals surface area contributed by atoms with E-state index in [4.69, 9.17) is 9.47 Å². The minimum atomic E-state index is -0.394. The summed E-state index contributed by atoms with van der Waals surface area (Å²) in [6.45, 7) is -0.249. The first-order valence-electron chi connectivity index (χ1n) is 8.22. The molecule has 3 rings (SSSR count). The molecule has 0 unspecified atom stereocenters. The van der Waals surface area contributed by atoms with Crippen LogP contribution in [0.1, 0.15) is 23.2 Å². The number of hydrogen-bond acceptors (Lipinski definition) is 4. The van der Waals surface area contributed by atoms with E-state index in [-0.39, 0.29) is 24.4 Å². The number of carbonyl (C=O) groups is 2. The van der Waals surface area contributed by atoms with Crippen molar-refractivity contribution in [2.45, 2.75) is 18.9 Å². The van der Waals surface area contributed by atoms with E-state index in [1.807, 2.05) is 0 Å². The summed E-state index contributed by atoms with van der Waals surface area (Å²) in [5.41, 5.74) is 0.941. The lowest BCUT2D eigenvalue weighted by Gasteiger charge is -2.12. The molecule has 0 aliphatic heterocycles. The molecular weight excluding hydrogens is 339 g/mol. The molecular formula is C19H19FN2O4. The SMILES string of the molecule is COc1cc(C(=O)NC2CC2)ccc1OCC(=O)Nc1ccc(F)cc1. The van der Waals surface area contributed by atoms with Gasteiger partial charge in [0.2, 0.25) is 0 Å². The van der Waals surface area contributed by atoms with E-state index in [1.54, 1.807) is 18.2 Å². The second-order valence-electron chi connectivity index (χ2n) is 5.96. The maximum atomic E-state index is 12.9. The van der Waals surface area contributed by atoms with Gasteiger partial charge in [-0.25, -0.2) is 4.39 Å². The Morgan fingerprint density at radius 2 is 1.85 bits per heavy atom. The first-order valence-corrected chi connectivity index (χ1v) is 8.22. The molecule has 0 atom stereocenters. The second-order valence-corrected chi connectivity index (χ2v) is 5.96. The highest BCUT2D eigenvalue weighted by Crippen LogP contribution is 2.28. The van der Waals surface area contributed by atoms with Crippen LogP contribution < -0.4 is 20.1 Å². The molecule has 7 heteroatoms. The predicted octanol–water partition coefficient (Wildman–Crippen LogP) is 2.74. The van der Waals surface area contributed by atoms with Crippen LogP contribution in [0.5, 0.6) is 11.5 Å². The number of nitrogens with one attached hydrogen (secondary N) is 2. The van der Waals surface area contributed by atoms with E-state index in [2.05, 4.69) is 10.6 Å². The fourth-order valence-corrected chi connectivity index (χ4v) is 2.30. The van der Waals surface area contributed by atoms with Crippen molar-refractivity contribution >= 4 is 17.5 Å². The summed E-state index contributed by atoms with van der Waals surface area (Å²) in [6.07, 6.45) is 2.01. The summed E-state index contributed by atoms with van der Waals surface area (Å²) in [4.78, 5) is 24.0. The van der Waals surface area contributed by atoms with Gasteiger partial charge < -0.3 is 20.1 Å². The van der Waals surface area contributed by atoms with Crippen molar-refractivity contribution in [1.29, 1.82) is 0 Å². The van der Waals surface area contributed by atoms with Gasteiger partial charge in [0.05, 0.1) is 7.11 Å². The Morgan fingerprint density at radius 1 is 1.12 bits per heavy atom. The number of halogens is 1. The summed E-state index contributed by atoms with van der Waals surface area (Å²) < 4.78 is 23.6. The number of amides is 2. The average Bonchev–Trinajstić information content (AvgIpc) is 3.45. The molecule has 2 N–H and O–H groups in total. The lowest BCUT2D eigenvalue weighted by Crippen LogP contribution is -2.25. The molecule has 0 heterocycles. The number of benzene rings is 2. The van der Waals surface area contributed by atoms with Crippen molar-refractivity contribution in [1.82, 2.24) is 5.32 Å². The molecule has 2 amide bonds. The first kappa shape index (κ1) is 17.7. The Balaban J connectivity index is 1.58. The van der Waals surface area contributed by atoms with Crippen molar-refractivity contribution in [2.75, 3.05) is 19.0 Å². The van der Waals surface area contributed by atoms with Gasteiger partial charge in [-0.05, 0) is 55.3 Å². The monoisotopic (exact) mass is 358 g/mol. The molecule has 2 aromatic rings. The van der Waals surface area contributed by atoms with Gasteiger partial charge in [-0.1, -0.05) is 0 Å². The topological polar surface area (TPSA) is 76.7 Å². The van der Waals surface area contributed by atoms with Crippen LogP contribution in [0.2, 0.25) is 0 Å². The number of anilines is 1. The van der Waals surface area contributed by atoms with Gasteiger partial charge in [0.1, 0.15) is 5.82 Å². The minimum Gasteiger partial charge on any atom is -0.493 e. The molecule has 6 nitrogen and oxygen atoms in total. The molecule has 2 aromatic carbocycles. The highest BCUT2D eigenvalue weighted by Gasteiger charge is 2.24. The van der Waals surface area contributed by atoms with E-state index < -0.39 is 5.91 Å². The zero-order valence-electron chi connectivity index (χ0n) is 14.3. The van der Waals surface area contributed by atoms with Crippen LogP contribution in [-0.4, -0.2) is 31.6 Å². The molecule has 1 saturated carbocycles. The third kappa shape index (κ3) is 4.72. The van der Waals surface area contributed by atoms with Crippen molar-refractivity contribution in [3.8, 4) is 11.5 Å². The van der Waals surface area contributed by atoms with Crippen molar-refractivity contribution < 1.29 is 23.5 Å². The van der Waals surface area contributed by atoms with Crippen LogP contribution in [0.15, 0.2) is 42.5 Å². The van der Waals surface area contributed by atoms with E-state index in [0.29, 0.717) is 22.7 Å². The van der Waals surface area contributed by atoms with Crippen LogP contribution in [0.3, 0.4) is 0 Å². The summed E-state index contributed by atoms with van der Waals surface area (Å²) >= 11 is 0. The number of carbonyl (C=O) groups excluding carboxylic acids is 2. The van der Waals surface area contributed by atoms with E-state index in [1.165, 1.54) is 31.4 Å². The Hall–Kier alpha value is -3.09. The average molecular weight is 358 g/mol. The van der Waals surface area contributed by atoms with Gasteiger partial charge in [0, 0.05) is 17.3 Å². The summed E-state index contributed by atoms with van der Waals surface area (Å²) in [7, 11) is 1.46. The fraction of sp³-hybridized carbons (Fsp3) is 0.263. The molecule has 1 aliphatic carbocycles. The number of rotatable bonds is 7. The number of methoxy groups -OCH3 is 1. The quantitative estimate of drug-likeness (QED) is 0.798. The third-order valence-corrected chi connectivity index (χ3v) is 3.83. The lowest BCUT2D eigenvalue weighted by atomic mass is 10.2. The van der Waals surface area contributed by atoms with Crippen molar-refractivity contribution in [2.24, 2.45) is 0 Å². The van der Waals surface area contributed by atoms with Crippen molar-refractivity contribution in [3.63, 3.8) is 0 Å². The summed E-state index contributed by atoms with van der Waals surface area (Å²) in [6, 6.07) is 10.5. The van der Waals surface area contributed by atoms with Crippen molar-refractivity contribution in [3.05, 3.63) is 53.8 Å². The van der Waals surface area contributed by atoms with Gasteiger partial charge in [0.25, 0.3) is 11.8 Å². The standard InChI is InChI=1S/C19H19FN2O4/c1-25-17-10-12(19(24)22-15-7-8-15)2-9-16(17)26-11-18(23)21-14-5-3-13(20)4-6-14/h2-6,9-10,15H,7-8,11H2,1H3,(H,21,23)(H,22,24). The van der Waals surface area contributed by atoms with E-state index >= 15 is 0 Å². The van der Waals surface area contributed by atoms with Crippen LogP contribution in [0.4, 0.5) is 10.1 Å². The minimum absolute atomic E-state index is 0.161. The van der Waals surface area contributed by atoms with Crippen LogP contribution in [0.25, 0.3) is 0 Å². The summed E-state index contributed by atoms with van der Waals surface area (Å²) in [5.74, 6) is -0.219. The van der Waals surface area contributed by atoms with Crippen LogP contribution in [-0.2, 0) is 4.79 Å². The molecule has 1 fully saturated rings. The number of hydrogen-bond donors (Lipinski definition) is 2. The molecule has 0 bridgehead atoms. The van der Waals surface area contributed by atoms with Gasteiger partial charge in [-0.15, -0.1) is 0 Å². The molecule has 0 saturated heterocycles. The molecule has 26 heavy (non-hydrogen) atoms. The van der Waals surface area contributed by atoms with Gasteiger partial charge in [0.15, 0.2) is 18.1 Å². The zero-order valence-corrected chi connectivity index (χ0v) is 14.3. The first-order chi connectivity index (χ1) is 12.5. The van der Waals surface area contributed by atoms with E-state index in [0.717, 1.165) is 12.8 Å². The second kappa shape index (κ2) is 7.86. The Bertz CT molecular complexity index is 804. The Morgan fingerprint density at radius 3 is 2.50 bits per heavy atom. The Kier molecular flexibility index (Phi) is 5.36. The number of ether oxygens (including phenoxy) is 2. The highest BCUT2D eigenvalue weighted by molar-refractivity contribution is 5.95. The fourth-order valence-electron chi connectivity index (χ4n) is 2.30. The lowest BCUT2D eigenvalue weighted by molar-refractivity contribution is -0.118. The van der Waals surface area contributed by atoms with Gasteiger partial charge in [-0.3, -0.25) is 9.59 Å². The maximum Gasteiger partial charge on any atom is 0.262 e.